The maximum Gasteiger partial charge on any atom is 0.0972 e. The van der Waals surface area contributed by atoms with Gasteiger partial charge in [-0.25, -0.2) is 4.98 Å². The molecule has 0 saturated heterocycles. The highest BCUT2D eigenvalue weighted by atomic mass is 15.1. The van der Waals surface area contributed by atoms with Crippen molar-refractivity contribution in [2.24, 2.45) is 0 Å². The Morgan fingerprint density at radius 3 is 1.43 bits per heavy atom. The Morgan fingerprint density at radius 2 is 0.850 bits per heavy atom. The van der Waals surface area contributed by atoms with Gasteiger partial charge in [0.25, 0.3) is 0 Å². The van der Waals surface area contributed by atoms with E-state index in [0.29, 0.717) is 0 Å². The molecule has 0 radical (unpaired) electrons. The van der Waals surface area contributed by atoms with Gasteiger partial charge in [0.05, 0.1) is 33.5 Å². The van der Waals surface area contributed by atoms with E-state index in [1.54, 1.807) is 0 Å². The second-order valence-electron chi connectivity index (χ2n) is 15.4. The van der Waals surface area contributed by atoms with Crippen molar-refractivity contribution < 1.29 is 0 Å². The summed E-state index contributed by atoms with van der Waals surface area (Å²) in [5, 5.41) is 6.19. The van der Waals surface area contributed by atoms with Crippen LogP contribution in [0.2, 0.25) is 0 Å². The summed E-state index contributed by atoms with van der Waals surface area (Å²) in [5.41, 5.74) is 16.6. The van der Waals surface area contributed by atoms with E-state index in [1.165, 1.54) is 60.3 Å². The van der Waals surface area contributed by atoms with Crippen molar-refractivity contribution in [3.05, 3.63) is 219 Å². The number of hydrogen-bond donors (Lipinski definition) is 0. The Balaban J connectivity index is 0.958. The highest BCUT2D eigenvalue weighted by Gasteiger charge is 2.20. The number of nitrogens with zero attached hydrogens (tertiary/aromatic N) is 4. The summed E-state index contributed by atoms with van der Waals surface area (Å²) in [4.78, 5) is 12.2. The Bertz CT molecular complexity index is 3420. The average molecular weight is 765 g/mol. The summed E-state index contributed by atoms with van der Waals surface area (Å²) < 4.78 is 2.43. The summed E-state index contributed by atoms with van der Waals surface area (Å²) in [7, 11) is 0. The van der Waals surface area contributed by atoms with E-state index in [0.717, 1.165) is 50.5 Å². The molecule has 8 aromatic carbocycles. The van der Waals surface area contributed by atoms with Gasteiger partial charge in [-0.05, 0) is 95.1 Å². The van der Waals surface area contributed by atoms with E-state index in [9.17, 15) is 0 Å². The molecule has 0 aliphatic heterocycles. The van der Waals surface area contributed by atoms with Crippen molar-refractivity contribution in [1.29, 1.82) is 0 Å². The van der Waals surface area contributed by atoms with Gasteiger partial charge in [0.2, 0.25) is 0 Å². The van der Waals surface area contributed by atoms with Gasteiger partial charge in [0, 0.05) is 61.3 Å². The Kier molecular flexibility index (Phi) is 7.82. The third kappa shape index (κ3) is 5.53. The molecule has 4 heteroatoms. The fourth-order valence-corrected chi connectivity index (χ4v) is 9.11. The topological polar surface area (TPSA) is 33.4 Å². The van der Waals surface area contributed by atoms with Crippen LogP contribution in [0.15, 0.2) is 219 Å². The number of fused-ring (bicyclic) bond motifs is 7. The van der Waals surface area contributed by atoms with Crippen LogP contribution in [0.1, 0.15) is 0 Å². The number of para-hydroxylation sites is 2. The van der Waals surface area contributed by atoms with E-state index < -0.39 is 0 Å². The van der Waals surface area contributed by atoms with Crippen molar-refractivity contribution >= 4 is 66.1 Å². The van der Waals surface area contributed by atoms with Gasteiger partial charge in [-0.2, -0.15) is 0 Å². The molecule has 0 unspecified atom stereocenters. The second-order valence-corrected chi connectivity index (χ2v) is 15.4. The lowest BCUT2D eigenvalue weighted by Crippen LogP contribution is -2.09. The molecule has 4 nitrogen and oxygen atoms in total. The Morgan fingerprint density at radius 1 is 0.367 bits per heavy atom. The monoisotopic (exact) mass is 764 g/mol. The SMILES string of the molecule is c1ccc(-c2ccc(N(c3ccc(-c4cc5c6ccccc6n6c7ccccc7c(c4)c56)cc3)c3ccc(-c4cc5cccnc5c(-c5ccccc5)n4)cc3)cc2)cc1. The molecule has 12 rings (SSSR count). The first kappa shape index (κ1) is 34.0. The Labute approximate surface area is 347 Å². The first-order valence-corrected chi connectivity index (χ1v) is 20.4. The fraction of sp³-hybridized carbons (Fsp3) is 0. The van der Waals surface area contributed by atoms with Crippen LogP contribution in [0, 0.1) is 0 Å². The lowest BCUT2D eigenvalue weighted by atomic mass is 9.99. The number of anilines is 3. The quantitative estimate of drug-likeness (QED) is 0.162. The van der Waals surface area contributed by atoms with Gasteiger partial charge in [-0.15, -0.1) is 0 Å². The van der Waals surface area contributed by atoms with Gasteiger partial charge in [0.15, 0.2) is 0 Å². The predicted octanol–water partition coefficient (Wildman–Crippen LogP) is 14.9. The first-order chi connectivity index (χ1) is 29.7. The summed E-state index contributed by atoms with van der Waals surface area (Å²) in [6.07, 6.45) is 1.84. The van der Waals surface area contributed by atoms with Gasteiger partial charge in [0.1, 0.15) is 0 Å². The van der Waals surface area contributed by atoms with Crippen molar-refractivity contribution in [3.63, 3.8) is 0 Å². The van der Waals surface area contributed by atoms with Crippen LogP contribution in [-0.2, 0) is 0 Å². The molecule has 0 aliphatic rings. The average Bonchev–Trinajstić information content (AvgIpc) is 3.84. The number of rotatable bonds is 7. The smallest absolute Gasteiger partial charge is 0.0972 e. The lowest BCUT2D eigenvalue weighted by Gasteiger charge is -2.26. The largest absolute Gasteiger partial charge is 0.311 e. The van der Waals surface area contributed by atoms with E-state index in [1.807, 2.05) is 30.5 Å². The summed E-state index contributed by atoms with van der Waals surface area (Å²) in [6, 6.07) is 76.1. The van der Waals surface area contributed by atoms with Gasteiger partial charge in [-0.1, -0.05) is 140 Å². The zero-order valence-electron chi connectivity index (χ0n) is 32.6. The van der Waals surface area contributed by atoms with Crippen LogP contribution in [0.25, 0.3) is 93.8 Å². The molecule has 0 atom stereocenters. The minimum atomic E-state index is 0.885. The minimum Gasteiger partial charge on any atom is -0.311 e. The fourth-order valence-electron chi connectivity index (χ4n) is 9.11. The summed E-state index contributed by atoms with van der Waals surface area (Å²) >= 11 is 0. The molecule has 0 spiro atoms. The molecule has 0 saturated carbocycles. The standard InChI is InChI=1S/C56H36N4/c1-3-12-37(13-4-1)38-21-27-44(28-22-38)59(46-31-25-40(26-32-46)51-36-42-16-11-33-57-54(42)55(58-51)41-14-5-2-6-15-41)45-29-23-39(24-30-45)43-34-49-47-17-7-9-19-52(47)60-53-20-10-8-18-48(53)50(35-43)56(49)60/h1-36H. The lowest BCUT2D eigenvalue weighted by molar-refractivity contribution is 1.28. The van der Waals surface area contributed by atoms with Gasteiger partial charge < -0.3 is 9.30 Å². The van der Waals surface area contributed by atoms with Crippen LogP contribution in [-0.4, -0.2) is 14.4 Å². The third-order valence-electron chi connectivity index (χ3n) is 12.0. The van der Waals surface area contributed by atoms with E-state index in [4.69, 9.17) is 9.97 Å². The molecule has 0 amide bonds. The second kappa shape index (κ2) is 13.8. The third-order valence-corrected chi connectivity index (χ3v) is 12.0. The highest BCUT2D eigenvalue weighted by molar-refractivity contribution is 6.24. The molecular weight excluding hydrogens is 729 g/mol. The van der Waals surface area contributed by atoms with Gasteiger partial charge >= 0.3 is 0 Å². The molecular formula is C56H36N4. The number of pyridine rings is 2. The van der Waals surface area contributed by atoms with Crippen molar-refractivity contribution in [2.45, 2.75) is 0 Å². The number of benzene rings is 8. The highest BCUT2D eigenvalue weighted by Crippen LogP contribution is 2.43. The molecule has 4 heterocycles. The Hall–Kier alpha value is -8.08. The van der Waals surface area contributed by atoms with Crippen LogP contribution in [0.4, 0.5) is 17.1 Å². The molecule has 60 heavy (non-hydrogen) atoms. The molecule has 280 valence electrons. The molecule has 12 aromatic rings. The zero-order valence-corrected chi connectivity index (χ0v) is 32.6. The minimum absolute atomic E-state index is 0.885. The van der Waals surface area contributed by atoms with Crippen molar-refractivity contribution in [3.8, 4) is 44.8 Å². The molecule has 0 N–H and O–H groups in total. The van der Waals surface area contributed by atoms with Crippen LogP contribution in [0.3, 0.4) is 0 Å². The van der Waals surface area contributed by atoms with Gasteiger partial charge in [-0.3, -0.25) is 4.98 Å². The molecule has 4 aromatic heterocycles. The van der Waals surface area contributed by atoms with Crippen LogP contribution < -0.4 is 4.90 Å². The maximum absolute atomic E-state index is 5.19. The normalized spacial score (nSPS) is 11.7. The number of aromatic nitrogens is 3. The first-order valence-electron chi connectivity index (χ1n) is 20.4. The predicted molar refractivity (Wildman–Crippen MR) is 251 cm³/mol. The van der Waals surface area contributed by atoms with E-state index >= 15 is 0 Å². The molecule has 0 bridgehead atoms. The van der Waals surface area contributed by atoms with Crippen molar-refractivity contribution in [1.82, 2.24) is 14.4 Å². The van der Waals surface area contributed by atoms with E-state index in [2.05, 4.69) is 197 Å². The van der Waals surface area contributed by atoms with Crippen LogP contribution in [0.5, 0.6) is 0 Å². The summed E-state index contributed by atoms with van der Waals surface area (Å²) in [6.45, 7) is 0. The maximum atomic E-state index is 5.19. The summed E-state index contributed by atoms with van der Waals surface area (Å²) in [5.74, 6) is 0. The number of hydrogen-bond acceptors (Lipinski definition) is 3. The van der Waals surface area contributed by atoms with Crippen molar-refractivity contribution in [2.75, 3.05) is 4.90 Å². The van der Waals surface area contributed by atoms with Crippen LogP contribution >= 0.6 is 0 Å². The van der Waals surface area contributed by atoms with E-state index in [-0.39, 0.29) is 0 Å². The molecule has 0 fully saturated rings. The molecule has 0 aliphatic carbocycles. The zero-order chi connectivity index (χ0) is 39.6.